The van der Waals surface area contributed by atoms with Crippen molar-refractivity contribution in [3.8, 4) is 0 Å². The summed E-state index contributed by atoms with van der Waals surface area (Å²) in [5.74, 6) is -0.416. The number of carbonyl (C=O) groups is 1. The second-order valence-electron chi connectivity index (χ2n) is 4.83. The van der Waals surface area contributed by atoms with Gasteiger partial charge >= 0.3 is 5.97 Å². The van der Waals surface area contributed by atoms with Crippen molar-refractivity contribution in [3.63, 3.8) is 0 Å². The number of nitrogens with zero attached hydrogens (tertiary/aromatic N) is 3. The zero-order valence-corrected chi connectivity index (χ0v) is 11.6. The molecule has 5 heteroatoms. The van der Waals surface area contributed by atoms with E-state index in [1.54, 1.807) is 16.9 Å². The Hall–Kier alpha value is -2.69. The molecule has 1 atom stereocenters. The van der Waals surface area contributed by atoms with E-state index in [0.29, 0.717) is 12.2 Å². The predicted molar refractivity (Wildman–Crippen MR) is 78.8 cm³/mol. The Morgan fingerprint density at radius 1 is 1.24 bits per heavy atom. The number of hydrogen-bond acceptors (Lipinski definition) is 4. The van der Waals surface area contributed by atoms with Crippen molar-refractivity contribution >= 4 is 16.9 Å². The first-order valence-electron chi connectivity index (χ1n) is 6.76. The summed E-state index contributed by atoms with van der Waals surface area (Å²) in [5.41, 5.74) is 1.10. The maximum absolute atomic E-state index is 12.1. The van der Waals surface area contributed by atoms with Crippen LogP contribution in [0.3, 0.4) is 0 Å². The molecule has 0 radical (unpaired) electrons. The van der Waals surface area contributed by atoms with E-state index in [1.165, 1.54) is 0 Å². The van der Waals surface area contributed by atoms with Crippen molar-refractivity contribution in [3.05, 3.63) is 60.6 Å². The van der Waals surface area contributed by atoms with E-state index in [-0.39, 0.29) is 6.10 Å². The number of rotatable bonds is 4. The van der Waals surface area contributed by atoms with Gasteiger partial charge in [0.05, 0.1) is 12.1 Å². The van der Waals surface area contributed by atoms with Crippen LogP contribution in [0.5, 0.6) is 0 Å². The molecule has 5 nitrogen and oxygen atoms in total. The maximum atomic E-state index is 12.1. The number of fused-ring (bicyclic) bond motifs is 1. The van der Waals surface area contributed by atoms with Gasteiger partial charge in [0.25, 0.3) is 0 Å². The molecule has 0 N–H and O–H groups in total. The van der Waals surface area contributed by atoms with Crippen molar-refractivity contribution in [1.29, 1.82) is 0 Å². The van der Waals surface area contributed by atoms with Crippen LogP contribution in [0, 0.1) is 0 Å². The lowest BCUT2D eigenvalue weighted by Gasteiger charge is -2.13. The van der Waals surface area contributed by atoms with Crippen molar-refractivity contribution in [2.45, 2.75) is 19.6 Å². The summed E-state index contributed by atoms with van der Waals surface area (Å²) in [4.78, 5) is 16.4. The molecule has 21 heavy (non-hydrogen) atoms. The summed E-state index contributed by atoms with van der Waals surface area (Å²) in [6.45, 7) is 2.35. The first-order valence-corrected chi connectivity index (χ1v) is 6.76. The highest BCUT2D eigenvalue weighted by atomic mass is 16.5. The molecule has 0 bridgehead atoms. The van der Waals surface area contributed by atoms with Crippen LogP contribution >= 0.6 is 0 Å². The van der Waals surface area contributed by atoms with Crippen LogP contribution in [0.1, 0.15) is 17.4 Å². The summed E-state index contributed by atoms with van der Waals surface area (Å²) in [5, 5.41) is 5.09. The Bertz CT molecular complexity index is 753. The molecule has 106 valence electrons. The number of pyridine rings is 1. The fourth-order valence-electron chi connectivity index (χ4n) is 2.13. The molecule has 0 fully saturated rings. The van der Waals surface area contributed by atoms with Crippen LogP contribution in [0.2, 0.25) is 0 Å². The van der Waals surface area contributed by atoms with Gasteiger partial charge in [0, 0.05) is 17.8 Å². The average Bonchev–Trinajstić information content (AvgIpc) is 2.99. The van der Waals surface area contributed by atoms with E-state index < -0.39 is 5.97 Å². The largest absolute Gasteiger partial charge is 0.456 e. The molecule has 3 aromatic rings. The second kappa shape index (κ2) is 5.75. The summed E-state index contributed by atoms with van der Waals surface area (Å²) < 4.78 is 7.12. The van der Waals surface area contributed by atoms with E-state index in [4.69, 9.17) is 4.74 Å². The SMILES string of the molecule is C[C@H](Cn1cccn1)OC(=O)c1ccc2ccccc2n1. The number of ether oxygens (including phenoxy) is 1. The van der Waals surface area contributed by atoms with Crippen molar-refractivity contribution < 1.29 is 9.53 Å². The standard InChI is InChI=1S/C16H15N3O2/c1-12(11-19-10-4-9-17-19)21-16(20)15-8-7-13-5-2-3-6-14(13)18-15/h2-10,12H,11H2,1H3/t12-/m1/s1. The molecule has 0 unspecified atom stereocenters. The van der Waals surface area contributed by atoms with E-state index in [9.17, 15) is 4.79 Å². The third-order valence-corrected chi connectivity index (χ3v) is 3.12. The molecule has 2 aromatic heterocycles. The van der Waals surface area contributed by atoms with Crippen LogP contribution in [-0.2, 0) is 11.3 Å². The van der Waals surface area contributed by atoms with Crippen LogP contribution in [-0.4, -0.2) is 26.8 Å². The normalized spacial score (nSPS) is 12.2. The minimum Gasteiger partial charge on any atom is -0.456 e. The maximum Gasteiger partial charge on any atom is 0.357 e. The molecule has 0 aliphatic heterocycles. The summed E-state index contributed by atoms with van der Waals surface area (Å²) >= 11 is 0. The number of benzene rings is 1. The van der Waals surface area contributed by atoms with Gasteiger partial charge in [-0.25, -0.2) is 9.78 Å². The minimum atomic E-state index is -0.416. The quantitative estimate of drug-likeness (QED) is 0.690. The van der Waals surface area contributed by atoms with E-state index >= 15 is 0 Å². The van der Waals surface area contributed by atoms with Gasteiger partial charge in [-0.2, -0.15) is 5.10 Å². The number of para-hydroxylation sites is 1. The molecule has 0 aliphatic carbocycles. The Balaban J connectivity index is 1.71. The van der Waals surface area contributed by atoms with Crippen molar-refractivity contribution in [1.82, 2.24) is 14.8 Å². The monoisotopic (exact) mass is 281 g/mol. The van der Waals surface area contributed by atoms with Gasteiger partial charge < -0.3 is 4.74 Å². The van der Waals surface area contributed by atoms with Gasteiger partial charge in [0.1, 0.15) is 11.8 Å². The Kier molecular flexibility index (Phi) is 3.64. The van der Waals surface area contributed by atoms with E-state index in [0.717, 1.165) is 10.9 Å². The number of carbonyl (C=O) groups excluding carboxylic acids is 1. The van der Waals surface area contributed by atoms with E-state index in [1.807, 2.05) is 49.5 Å². The van der Waals surface area contributed by atoms with Crippen LogP contribution in [0.25, 0.3) is 10.9 Å². The molecule has 3 rings (SSSR count). The minimum absolute atomic E-state index is 0.273. The Morgan fingerprint density at radius 3 is 2.90 bits per heavy atom. The predicted octanol–water partition coefficient (Wildman–Crippen LogP) is 2.68. The fourth-order valence-corrected chi connectivity index (χ4v) is 2.13. The average molecular weight is 281 g/mol. The number of hydrogen-bond donors (Lipinski definition) is 0. The molecule has 0 saturated heterocycles. The third kappa shape index (κ3) is 3.08. The Labute approximate surface area is 122 Å². The lowest BCUT2D eigenvalue weighted by atomic mass is 10.2. The third-order valence-electron chi connectivity index (χ3n) is 3.12. The number of esters is 1. The first-order chi connectivity index (χ1) is 10.2. The molecular formula is C16H15N3O2. The number of aromatic nitrogens is 3. The van der Waals surface area contributed by atoms with Crippen LogP contribution in [0.4, 0.5) is 0 Å². The van der Waals surface area contributed by atoms with Gasteiger partial charge in [-0.3, -0.25) is 4.68 Å². The van der Waals surface area contributed by atoms with Crippen molar-refractivity contribution in [2.24, 2.45) is 0 Å². The Morgan fingerprint density at radius 2 is 2.10 bits per heavy atom. The molecular weight excluding hydrogens is 266 g/mol. The molecule has 0 spiro atoms. The molecule has 2 heterocycles. The highest BCUT2D eigenvalue weighted by molar-refractivity contribution is 5.91. The fraction of sp³-hybridized carbons (Fsp3) is 0.188. The van der Waals surface area contributed by atoms with Crippen molar-refractivity contribution in [2.75, 3.05) is 0 Å². The van der Waals surface area contributed by atoms with Gasteiger partial charge in [-0.1, -0.05) is 24.3 Å². The lowest BCUT2D eigenvalue weighted by molar-refractivity contribution is 0.0292. The van der Waals surface area contributed by atoms with Gasteiger partial charge in [0.2, 0.25) is 0 Å². The summed E-state index contributed by atoms with van der Waals surface area (Å²) in [6.07, 6.45) is 3.25. The van der Waals surface area contributed by atoms with Crippen LogP contribution in [0.15, 0.2) is 54.9 Å². The zero-order valence-electron chi connectivity index (χ0n) is 11.6. The molecule has 0 aliphatic rings. The molecule has 0 saturated carbocycles. The molecule has 0 amide bonds. The lowest BCUT2D eigenvalue weighted by Crippen LogP contribution is -2.21. The summed E-state index contributed by atoms with van der Waals surface area (Å²) in [6, 6.07) is 13.1. The highest BCUT2D eigenvalue weighted by Gasteiger charge is 2.14. The zero-order chi connectivity index (χ0) is 14.7. The topological polar surface area (TPSA) is 57.0 Å². The molecule has 1 aromatic carbocycles. The van der Waals surface area contributed by atoms with Gasteiger partial charge in [-0.15, -0.1) is 0 Å². The first kappa shape index (κ1) is 13.3. The summed E-state index contributed by atoms with van der Waals surface area (Å²) in [7, 11) is 0. The highest BCUT2D eigenvalue weighted by Crippen LogP contribution is 2.13. The van der Waals surface area contributed by atoms with E-state index in [2.05, 4.69) is 10.1 Å². The van der Waals surface area contributed by atoms with Gasteiger partial charge in [-0.05, 0) is 25.1 Å². The second-order valence-corrected chi connectivity index (χ2v) is 4.83. The van der Waals surface area contributed by atoms with Crippen LogP contribution < -0.4 is 0 Å². The van der Waals surface area contributed by atoms with Gasteiger partial charge in [0.15, 0.2) is 0 Å². The smallest absolute Gasteiger partial charge is 0.357 e.